The lowest BCUT2D eigenvalue weighted by Crippen LogP contribution is -2.32. The molecule has 1 atom stereocenters. The van der Waals surface area contributed by atoms with Gasteiger partial charge in [-0.15, -0.1) is 0 Å². The number of hydrogen-bond acceptors (Lipinski definition) is 5. The minimum atomic E-state index is -0.410. The molecule has 1 aliphatic heterocycles. The van der Waals surface area contributed by atoms with Gasteiger partial charge in [0.2, 0.25) is 0 Å². The molecule has 0 bridgehead atoms. The van der Waals surface area contributed by atoms with E-state index in [0.29, 0.717) is 23.6 Å². The first-order valence-corrected chi connectivity index (χ1v) is 8.52. The van der Waals surface area contributed by atoms with Crippen molar-refractivity contribution in [2.24, 2.45) is 0 Å². The van der Waals surface area contributed by atoms with Gasteiger partial charge < -0.3 is 15.4 Å². The number of esters is 1. The number of nitrogens with zero attached hydrogens (tertiary/aromatic N) is 2. The van der Waals surface area contributed by atoms with Crippen LogP contribution in [0.25, 0.3) is 0 Å². The number of ether oxygens (including phenoxy) is 1. The lowest BCUT2D eigenvalue weighted by Gasteiger charge is -2.22. The van der Waals surface area contributed by atoms with E-state index in [2.05, 4.69) is 15.7 Å². The van der Waals surface area contributed by atoms with Crippen molar-refractivity contribution in [1.29, 1.82) is 0 Å². The van der Waals surface area contributed by atoms with Gasteiger partial charge in [-0.2, -0.15) is 5.10 Å². The van der Waals surface area contributed by atoms with Gasteiger partial charge in [0.25, 0.3) is 5.91 Å². The third-order valence-corrected chi connectivity index (χ3v) is 4.12. The molecule has 132 valence electrons. The van der Waals surface area contributed by atoms with Crippen molar-refractivity contribution >= 4 is 17.6 Å². The summed E-state index contributed by atoms with van der Waals surface area (Å²) in [5.74, 6) is -0.712. The van der Waals surface area contributed by atoms with Crippen molar-refractivity contribution in [2.75, 3.05) is 25.0 Å². The molecule has 1 aromatic heterocycles. The van der Waals surface area contributed by atoms with Gasteiger partial charge in [0.05, 0.1) is 18.2 Å². The van der Waals surface area contributed by atoms with Crippen molar-refractivity contribution in [3.8, 4) is 0 Å². The fraction of sp³-hybridized carbons (Fsp3) is 0.389. The molecule has 1 aromatic carbocycles. The molecule has 7 nitrogen and oxygen atoms in total. The lowest BCUT2D eigenvalue weighted by atomic mass is 10.1. The largest absolute Gasteiger partial charge is 0.462 e. The zero-order chi connectivity index (χ0) is 17.6. The fourth-order valence-electron chi connectivity index (χ4n) is 2.86. The molecule has 25 heavy (non-hydrogen) atoms. The Kier molecular flexibility index (Phi) is 5.45. The smallest absolute Gasteiger partial charge is 0.338 e. The van der Waals surface area contributed by atoms with Gasteiger partial charge in [-0.1, -0.05) is 6.07 Å². The van der Waals surface area contributed by atoms with E-state index in [1.807, 2.05) is 10.9 Å². The van der Waals surface area contributed by atoms with Crippen LogP contribution in [0.1, 0.15) is 46.7 Å². The Balaban J connectivity index is 1.67. The summed E-state index contributed by atoms with van der Waals surface area (Å²) in [5.41, 5.74) is 1.29. The zero-order valence-corrected chi connectivity index (χ0v) is 14.2. The molecule has 0 radical (unpaired) electrons. The van der Waals surface area contributed by atoms with Crippen LogP contribution < -0.4 is 10.6 Å². The first kappa shape index (κ1) is 17.2. The molecular weight excluding hydrogens is 320 g/mol. The molecule has 0 aliphatic carbocycles. The number of piperidine rings is 1. The lowest BCUT2D eigenvalue weighted by molar-refractivity contribution is 0.0526. The van der Waals surface area contributed by atoms with Crippen LogP contribution in [0.3, 0.4) is 0 Å². The van der Waals surface area contributed by atoms with Crippen LogP contribution in [0.4, 0.5) is 5.69 Å². The van der Waals surface area contributed by atoms with E-state index < -0.39 is 5.97 Å². The zero-order valence-electron chi connectivity index (χ0n) is 14.2. The Morgan fingerprint density at radius 3 is 3.04 bits per heavy atom. The molecule has 2 N–H and O–H groups in total. The van der Waals surface area contributed by atoms with Crippen LogP contribution >= 0.6 is 0 Å². The first-order chi connectivity index (χ1) is 12.2. The normalized spacial score (nSPS) is 17.1. The minimum absolute atomic E-state index is 0.280. The van der Waals surface area contributed by atoms with Gasteiger partial charge in [0.1, 0.15) is 0 Å². The van der Waals surface area contributed by atoms with Crippen LogP contribution in [0, 0.1) is 0 Å². The van der Waals surface area contributed by atoms with E-state index in [0.717, 1.165) is 25.9 Å². The number of carbonyl (C=O) groups is 2. The highest BCUT2D eigenvalue weighted by molar-refractivity contribution is 6.03. The summed E-state index contributed by atoms with van der Waals surface area (Å²) in [6.07, 6.45) is 3.99. The van der Waals surface area contributed by atoms with Crippen LogP contribution in [-0.4, -0.2) is 41.4 Å². The molecule has 2 aromatic rings. The molecular formula is C18H22N4O3. The molecule has 1 saturated heterocycles. The molecule has 0 spiro atoms. The Bertz CT molecular complexity index is 750. The van der Waals surface area contributed by atoms with Crippen molar-refractivity contribution in [1.82, 2.24) is 15.1 Å². The molecule has 1 aliphatic rings. The molecule has 0 saturated carbocycles. The number of carbonyl (C=O) groups excluding carboxylic acids is 2. The monoisotopic (exact) mass is 342 g/mol. The average molecular weight is 342 g/mol. The molecule has 1 fully saturated rings. The van der Waals surface area contributed by atoms with Gasteiger partial charge in [-0.25, -0.2) is 4.79 Å². The molecule has 1 unspecified atom stereocenters. The predicted molar refractivity (Wildman–Crippen MR) is 93.7 cm³/mol. The van der Waals surface area contributed by atoms with Crippen molar-refractivity contribution in [2.45, 2.75) is 25.8 Å². The van der Waals surface area contributed by atoms with Crippen LogP contribution in [0.2, 0.25) is 0 Å². The van der Waals surface area contributed by atoms with Gasteiger partial charge in [0, 0.05) is 18.4 Å². The number of amides is 1. The van der Waals surface area contributed by atoms with Crippen molar-refractivity contribution < 1.29 is 14.3 Å². The molecule has 3 rings (SSSR count). The second kappa shape index (κ2) is 7.94. The maximum Gasteiger partial charge on any atom is 0.338 e. The summed E-state index contributed by atoms with van der Waals surface area (Å²) >= 11 is 0. The van der Waals surface area contributed by atoms with Crippen LogP contribution in [0.15, 0.2) is 36.5 Å². The van der Waals surface area contributed by atoms with Crippen LogP contribution in [0.5, 0.6) is 0 Å². The number of rotatable bonds is 5. The SMILES string of the molecule is CCOC(=O)c1cccc(NC(=O)c2ccn(C3CCCNC3)n2)c1. The Morgan fingerprint density at radius 1 is 1.40 bits per heavy atom. The minimum Gasteiger partial charge on any atom is -0.462 e. The predicted octanol–water partition coefficient (Wildman–Crippen LogP) is 2.24. The molecule has 7 heteroatoms. The number of aromatic nitrogens is 2. The highest BCUT2D eigenvalue weighted by atomic mass is 16.5. The van der Waals surface area contributed by atoms with Gasteiger partial charge in [0.15, 0.2) is 5.69 Å². The summed E-state index contributed by atoms with van der Waals surface area (Å²) in [7, 11) is 0. The highest BCUT2D eigenvalue weighted by Crippen LogP contribution is 2.17. The number of nitrogens with one attached hydrogen (secondary N) is 2. The van der Waals surface area contributed by atoms with E-state index in [-0.39, 0.29) is 11.9 Å². The van der Waals surface area contributed by atoms with E-state index in [1.54, 1.807) is 37.3 Å². The third-order valence-electron chi connectivity index (χ3n) is 4.12. The van der Waals surface area contributed by atoms with E-state index in [1.165, 1.54) is 0 Å². The molecule has 2 heterocycles. The molecule has 1 amide bonds. The first-order valence-electron chi connectivity index (χ1n) is 8.52. The standard InChI is InChI=1S/C18H22N4O3/c1-2-25-18(24)13-5-3-6-14(11-13)20-17(23)16-8-10-22(21-16)15-7-4-9-19-12-15/h3,5-6,8,10-11,15,19H,2,4,7,9,12H2,1H3,(H,20,23). The number of hydrogen-bond donors (Lipinski definition) is 2. The van der Waals surface area contributed by atoms with Gasteiger partial charge in [-0.05, 0) is 50.6 Å². The Hall–Kier alpha value is -2.67. The summed E-state index contributed by atoms with van der Waals surface area (Å²) in [6, 6.07) is 8.66. The number of benzene rings is 1. The Labute approximate surface area is 146 Å². The van der Waals surface area contributed by atoms with Crippen molar-refractivity contribution in [3.05, 3.63) is 47.8 Å². The summed E-state index contributed by atoms with van der Waals surface area (Å²) in [6.45, 7) is 3.96. The van der Waals surface area contributed by atoms with Crippen molar-refractivity contribution in [3.63, 3.8) is 0 Å². The summed E-state index contributed by atoms with van der Waals surface area (Å²) in [5, 5.41) is 10.5. The van der Waals surface area contributed by atoms with Crippen LogP contribution in [-0.2, 0) is 4.74 Å². The summed E-state index contributed by atoms with van der Waals surface area (Å²) in [4.78, 5) is 24.2. The maximum absolute atomic E-state index is 12.4. The van der Waals surface area contributed by atoms with Gasteiger partial charge >= 0.3 is 5.97 Å². The quantitative estimate of drug-likeness (QED) is 0.814. The average Bonchev–Trinajstić information content (AvgIpc) is 3.13. The summed E-state index contributed by atoms with van der Waals surface area (Å²) < 4.78 is 6.81. The van der Waals surface area contributed by atoms with Gasteiger partial charge in [-0.3, -0.25) is 9.48 Å². The number of anilines is 1. The topological polar surface area (TPSA) is 85.2 Å². The van der Waals surface area contributed by atoms with E-state index >= 15 is 0 Å². The van der Waals surface area contributed by atoms with E-state index in [9.17, 15) is 9.59 Å². The second-order valence-corrected chi connectivity index (χ2v) is 5.94. The third kappa shape index (κ3) is 4.24. The highest BCUT2D eigenvalue weighted by Gasteiger charge is 2.18. The second-order valence-electron chi connectivity index (χ2n) is 5.94. The maximum atomic E-state index is 12.4. The Morgan fingerprint density at radius 2 is 2.28 bits per heavy atom. The van der Waals surface area contributed by atoms with E-state index in [4.69, 9.17) is 4.74 Å². The fourth-order valence-corrected chi connectivity index (χ4v) is 2.86.